The number of nitrogens with one attached hydrogen (secondary N) is 2. The predicted octanol–water partition coefficient (Wildman–Crippen LogP) is 6.74. The first-order chi connectivity index (χ1) is 28.2. The van der Waals surface area contributed by atoms with E-state index in [1.54, 1.807) is 7.11 Å². The average molecular weight is 826 g/mol. The number of carbonyl (C=O) groups excluding carboxylic acids is 3. The van der Waals surface area contributed by atoms with Crippen LogP contribution in [0.4, 0.5) is 4.39 Å². The molecule has 8 rings (SSSR count). The number of amides is 2. The lowest BCUT2D eigenvalue weighted by atomic mass is 9.83. The van der Waals surface area contributed by atoms with E-state index in [4.69, 9.17) is 19.4 Å². The molecule has 0 spiro atoms. The third-order valence-electron chi connectivity index (χ3n) is 12.6. The molecule has 14 heteroatoms. The van der Waals surface area contributed by atoms with Gasteiger partial charge in [0, 0.05) is 65.0 Å². The van der Waals surface area contributed by atoms with Crippen LogP contribution in [0.5, 0.6) is 0 Å². The van der Waals surface area contributed by atoms with Gasteiger partial charge in [-0.15, -0.1) is 11.3 Å². The summed E-state index contributed by atoms with van der Waals surface area (Å²) in [5.74, 6) is -1.68. The fourth-order valence-corrected chi connectivity index (χ4v) is 9.78. The number of thiazole rings is 1. The molecule has 1 aromatic carbocycles. The second-order valence-corrected chi connectivity index (χ2v) is 18.7. The van der Waals surface area contributed by atoms with Gasteiger partial charge < -0.3 is 24.3 Å². The van der Waals surface area contributed by atoms with Crippen LogP contribution in [0.2, 0.25) is 0 Å². The number of aryl methyl sites for hydroxylation is 1. The summed E-state index contributed by atoms with van der Waals surface area (Å²) in [5, 5.41) is 7.70. The van der Waals surface area contributed by atoms with E-state index >= 15 is 4.39 Å². The molecule has 314 valence electrons. The highest BCUT2D eigenvalue weighted by atomic mass is 32.1. The smallest absolute Gasteiger partial charge is 0.329 e. The predicted molar refractivity (Wildman–Crippen MR) is 226 cm³/mol. The van der Waals surface area contributed by atoms with Crippen molar-refractivity contribution in [2.75, 3.05) is 40.4 Å². The van der Waals surface area contributed by atoms with Crippen LogP contribution >= 0.6 is 11.3 Å². The van der Waals surface area contributed by atoms with E-state index in [0.29, 0.717) is 23.9 Å². The van der Waals surface area contributed by atoms with Crippen molar-refractivity contribution in [3.8, 4) is 22.5 Å². The van der Waals surface area contributed by atoms with Crippen LogP contribution < -0.4 is 10.7 Å². The van der Waals surface area contributed by atoms with Gasteiger partial charge in [-0.05, 0) is 107 Å². The van der Waals surface area contributed by atoms with Gasteiger partial charge in [-0.25, -0.2) is 19.6 Å². The average Bonchev–Trinajstić information content (AvgIpc) is 3.65. The second-order valence-electron chi connectivity index (χ2n) is 17.8. The minimum Gasteiger partial charge on any atom is -0.464 e. The number of esters is 1. The van der Waals surface area contributed by atoms with Crippen molar-refractivity contribution in [2.45, 2.75) is 97.4 Å². The molecule has 2 N–H and O–H groups in total. The minimum atomic E-state index is -1.24. The fourth-order valence-electron chi connectivity index (χ4n) is 8.93. The number of piperidine rings is 1. The molecule has 1 saturated carbocycles. The Morgan fingerprint density at radius 3 is 2.68 bits per heavy atom. The molecule has 5 atom stereocenters. The molecule has 2 fully saturated rings. The van der Waals surface area contributed by atoms with Crippen LogP contribution in [-0.4, -0.2) is 94.7 Å². The van der Waals surface area contributed by atoms with Gasteiger partial charge in [0.25, 0.3) is 5.91 Å². The van der Waals surface area contributed by atoms with Crippen molar-refractivity contribution in [3.63, 3.8) is 0 Å². The van der Waals surface area contributed by atoms with Gasteiger partial charge in [0.2, 0.25) is 5.91 Å². The molecule has 6 heterocycles. The van der Waals surface area contributed by atoms with Crippen LogP contribution in [0.1, 0.15) is 87.7 Å². The Kier molecular flexibility index (Phi) is 11.5. The van der Waals surface area contributed by atoms with Crippen molar-refractivity contribution in [1.82, 2.24) is 35.2 Å². The highest BCUT2D eigenvalue weighted by Crippen LogP contribution is 2.43. The number of benzene rings is 1. The van der Waals surface area contributed by atoms with E-state index in [1.807, 2.05) is 25.4 Å². The van der Waals surface area contributed by atoms with E-state index in [2.05, 4.69) is 72.3 Å². The van der Waals surface area contributed by atoms with Crippen LogP contribution in [0.15, 0.2) is 47.7 Å². The topological polar surface area (TPSA) is 131 Å². The number of methoxy groups -OCH3 is 1. The molecule has 2 amide bonds. The first kappa shape index (κ1) is 41.2. The van der Waals surface area contributed by atoms with Gasteiger partial charge in [0.05, 0.1) is 41.3 Å². The first-order valence-corrected chi connectivity index (χ1v) is 21.8. The summed E-state index contributed by atoms with van der Waals surface area (Å²) < 4.78 is 29.5. The van der Waals surface area contributed by atoms with Crippen molar-refractivity contribution in [2.24, 2.45) is 17.3 Å². The van der Waals surface area contributed by atoms with Gasteiger partial charge in [0.15, 0.2) is 0 Å². The molecule has 0 radical (unpaired) electrons. The number of fused-ring (bicyclic) bond motifs is 6. The standard InChI is InChI=1S/C45H56FN7O5S/c1-8-52-38-10-9-28-16-32(38)34(41(52)33-17-29(21-47-40(33)26(3)57-7)27-11-13-51(6)14-12-27)20-45(4,5)24-58-44(56)36-18-30(46)22-53(50-36)43(55)35(19-39-48-37(28)23-59-39)49-42(54)31-15-25(31)2/h9-10,16-18,21,23,25-27,31,35-36,50H,8,11-15,19-20,22,24H2,1-7H3,(H,49,54)/t25-,26-,31-,35-,36-/m0/s1. The summed E-state index contributed by atoms with van der Waals surface area (Å²) in [6.07, 6.45) is 6.43. The third-order valence-corrected chi connectivity index (χ3v) is 13.5. The number of ether oxygens (including phenoxy) is 2. The molecule has 6 bridgehead atoms. The molecule has 12 nitrogen and oxygen atoms in total. The van der Waals surface area contributed by atoms with Crippen molar-refractivity contribution in [1.29, 1.82) is 0 Å². The molecule has 4 aromatic rings. The van der Waals surface area contributed by atoms with Crippen LogP contribution in [0.25, 0.3) is 33.4 Å². The number of aromatic nitrogens is 3. The molecular weight excluding hydrogens is 770 g/mol. The Morgan fingerprint density at radius 2 is 1.97 bits per heavy atom. The van der Waals surface area contributed by atoms with Crippen LogP contribution in [-0.2, 0) is 43.2 Å². The Labute approximate surface area is 349 Å². The second kappa shape index (κ2) is 16.5. The summed E-state index contributed by atoms with van der Waals surface area (Å²) in [4.78, 5) is 53.5. The van der Waals surface area contributed by atoms with Crippen molar-refractivity contribution in [3.05, 3.63) is 69.6 Å². The van der Waals surface area contributed by atoms with Gasteiger partial charge in [-0.2, -0.15) is 0 Å². The zero-order valence-corrected chi connectivity index (χ0v) is 36.0. The van der Waals surface area contributed by atoms with E-state index < -0.39 is 35.2 Å². The Balaban J connectivity index is 1.27. The highest BCUT2D eigenvalue weighted by Gasteiger charge is 2.42. The maximum absolute atomic E-state index is 15.3. The number of nitrogens with zero attached hydrogens (tertiary/aromatic N) is 5. The normalized spacial score (nSPS) is 24.7. The van der Waals surface area contributed by atoms with Gasteiger partial charge >= 0.3 is 5.97 Å². The summed E-state index contributed by atoms with van der Waals surface area (Å²) in [7, 11) is 3.88. The number of halogens is 1. The number of hydrogen-bond acceptors (Lipinski definition) is 10. The number of likely N-dealkylation sites (tertiary alicyclic amines) is 1. The van der Waals surface area contributed by atoms with Crippen LogP contribution in [0, 0.1) is 17.3 Å². The lowest BCUT2D eigenvalue weighted by Crippen LogP contribution is -2.59. The number of hydrazine groups is 1. The Bertz CT molecular complexity index is 2290. The number of rotatable bonds is 7. The lowest BCUT2D eigenvalue weighted by molar-refractivity contribution is -0.152. The van der Waals surface area contributed by atoms with Gasteiger partial charge in [0.1, 0.15) is 17.9 Å². The van der Waals surface area contributed by atoms with Crippen LogP contribution in [0.3, 0.4) is 0 Å². The third kappa shape index (κ3) is 8.46. The highest BCUT2D eigenvalue weighted by molar-refractivity contribution is 7.10. The SMILES string of the molecule is CCn1c(-c2cc(C3CCN(C)CC3)cnc2[C@H](C)OC)c2c3cc(ccc31)-c1csc(n1)C[C@H](NC(=O)[C@H]1C[C@@H]1C)C(=O)N1CC(F)=C[C@H](N1)C(=O)OCC(C)(C)C2. The monoisotopic (exact) mass is 825 g/mol. The summed E-state index contributed by atoms with van der Waals surface area (Å²) in [6.45, 7) is 12.7. The number of cyclic esters (lactones) is 1. The maximum atomic E-state index is 15.3. The zero-order chi connectivity index (χ0) is 41.7. The molecule has 1 saturated heterocycles. The zero-order valence-electron chi connectivity index (χ0n) is 35.1. The summed E-state index contributed by atoms with van der Waals surface area (Å²) in [6, 6.07) is 6.51. The van der Waals surface area contributed by atoms with Gasteiger partial charge in [-0.3, -0.25) is 19.6 Å². The first-order valence-electron chi connectivity index (χ1n) is 21.0. The van der Waals surface area contributed by atoms with Crippen molar-refractivity contribution >= 4 is 40.0 Å². The Hall–Kier alpha value is -4.50. The quantitative estimate of drug-likeness (QED) is 0.195. The number of pyridine rings is 1. The maximum Gasteiger partial charge on any atom is 0.329 e. The number of carbonyl (C=O) groups is 3. The molecule has 3 aromatic heterocycles. The van der Waals surface area contributed by atoms with Crippen molar-refractivity contribution < 1.29 is 28.2 Å². The molecule has 4 aliphatic rings. The lowest BCUT2D eigenvalue weighted by Gasteiger charge is -2.33. The molecule has 1 aliphatic carbocycles. The number of hydrogen-bond donors (Lipinski definition) is 2. The van der Waals surface area contributed by atoms with E-state index in [-0.39, 0.29) is 43.4 Å². The van der Waals surface area contributed by atoms with E-state index in [0.717, 1.165) is 88.1 Å². The van der Waals surface area contributed by atoms with E-state index in [1.165, 1.54) is 16.9 Å². The summed E-state index contributed by atoms with van der Waals surface area (Å²) >= 11 is 1.41. The largest absolute Gasteiger partial charge is 0.464 e. The molecular formula is C45H56FN7O5S. The molecule has 59 heavy (non-hydrogen) atoms. The molecule has 0 unspecified atom stereocenters. The van der Waals surface area contributed by atoms with E-state index in [9.17, 15) is 14.4 Å². The Morgan fingerprint density at radius 1 is 1.20 bits per heavy atom. The fraction of sp³-hybridized carbons (Fsp3) is 0.533. The summed E-state index contributed by atoms with van der Waals surface area (Å²) in [5.41, 5.74) is 10.3. The molecule has 3 aliphatic heterocycles. The van der Waals surface area contributed by atoms with Gasteiger partial charge in [-0.1, -0.05) is 26.8 Å². The minimum absolute atomic E-state index is 0.0360.